The number of amides is 2. The Bertz CT molecular complexity index is 987. The van der Waals surface area contributed by atoms with Gasteiger partial charge >= 0.3 is 6.09 Å². The number of nitrogens with one attached hydrogen (secondary N) is 2. The third-order valence-corrected chi connectivity index (χ3v) is 6.80. The first-order valence-corrected chi connectivity index (χ1v) is 12.2. The second-order valence-electron chi connectivity index (χ2n) is 9.03. The molecule has 1 aliphatic carbocycles. The molecule has 2 aromatic carbocycles. The van der Waals surface area contributed by atoms with Crippen molar-refractivity contribution in [2.24, 2.45) is 0 Å². The van der Waals surface area contributed by atoms with Crippen LogP contribution < -0.4 is 15.5 Å². The summed E-state index contributed by atoms with van der Waals surface area (Å²) in [5.74, 6) is 0.210. The van der Waals surface area contributed by atoms with Gasteiger partial charge in [0.1, 0.15) is 6.10 Å². The average molecular weight is 522 g/mol. The summed E-state index contributed by atoms with van der Waals surface area (Å²) in [5, 5.41) is 7.27. The van der Waals surface area contributed by atoms with E-state index in [1.807, 2.05) is 19.1 Å². The van der Waals surface area contributed by atoms with Gasteiger partial charge < -0.3 is 14.8 Å². The van der Waals surface area contributed by atoms with Gasteiger partial charge in [-0.15, -0.1) is 12.4 Å². The monoisotopic (exact) mass is 521 g/mol. The molecule has 2 aromatic rings. The van der Waals surface area contributed by atoms with E-state index in [0.29, 0.717) is 29.7 Å². The van der Waals surface area contributed by atoms with Crippen LogP contribution in [-0.4, -0.2) is 50.6 Å². The van der Waals surface area contributed by atoms with Crippen LogP contribution in [0.25, 0.3) is 0 Å². The van der Waals surface area contributed by atoms with Crippen molar-refractivity contribution in [2.75, 3.05) is 25.2 Å². The van der Waals surface area contributed by atoms with Gasteiger partial charge in [-0.25, -0.2) is 4.79 Å². The molecular formula is C26H33Cl2N3O4. The smallest absolute Gasteiger partial charge is 0.414 e. The minimum Gasteiger partial charge on any atom is -0.441 e. The molecule has 2 fully saturated rings. The number of nitrogens with zero attached hydrogens (tertiary/aromatic N) is 1. The number of carbonyl (C=O) groups is 2. The van der Waals surface area contributed by atoms with Crippen LogP contribution in [0.4, 0.5) is 10.5 Å². The maximum absolute atomic E-state index is 12.6. The summed E-state index contributed by atoms with van der Waals surface area (Å²) in [6.45, 7) is 2.85. The van der Waals surface area contributed by atoms with Crippen LogP contribution in [0, 0.1) is 0 Å². The molecule has 0 radical (unpaired) electrons. The Morgan fingerprint density at radius 3 is 2.51 bits per heavy atom. The Labute approximate surface area is 217 Å². The van der Waals surface area contributed by atoms with Crippen LogP contribution in [0.1, 0.15) is 54.4 Å². The van der Waals surface area contributed by atoms with Crippen molar-refractivity contribution in [3.63, 3.8) is 0 Å². The lowest BCUT2D eigenvalue weighted by Gasteiger charge is -2.35. The summed E-state index contributed by atoms with van der Waals surface area (Å²) in [7, 11) is 1.60. The number of anilines is 1. The highest BCUT2D eigenvalue weighted by Crippen LogP contribution is 2.34. The molecule has 7 nitrogen and oxygen atoms in total. The molecule has 1 saturated heterocycles. The summed E-state index contributed by atoms with van der Waals surface area (Å²) >= 11 is 5.92. The van der Waals surface area contributed by atoms with E-state index in [9.17, 15) is 9.59 Å². The summed E-state index contributed by atoms with van der Waals surface area (Å²) in [6, 6.07) is 15.3. The van der Waals surface area contributed by atoms with Gasteiger partial charge in [-0.3, -0.25) is 15.0 Å². The van der Waals surface area contributed by atoms with E-state index < -0.39 is 0 Å². The highest BCUT2D eigenvalue weighted by atomic mass is 35.5. The fourth-order valence-electron chi connectivity index (χ4n) is 4.88. The van der Waals surface area contributed by atoms with E-state index in [1.54, 1.807) is 36.3 Å². The van der Waals surface area contributed by atoms with Gasteiger partial charge in [0, 0.05) is 29.4 Å². The fraction of sp³-hybridized carbons (Fsp3) is 0.462. The molecule has 2 aliphatic rings. The Morgan fingerprint density at radius 2 is 1.83 bits per heavy atom. The Morgan fingerprint density at radius 1 is 1.14 bits per heavy atom. The zero-order chi connectivity index (χ0) is 24.1. The van der Waals surface area contributed by atoms with Gasteiger partial charge in [0.15, 0.2) is 0 Å². The molecule has 4 unspecified atom stereocenters. The molecule has 1 aliphatic heterocycles. The van der Waals surface area contributed by atoms with Gasteiger partial charge in [0.25, 0.3) is 5.91 Å². The van der Waals surface area contributed by atoms with Crippen LogP contribution in [0.3, 0.4) is 0 Å². The van der Waals surface area contributed by atoms with E-state index in [2.05, 4.69) is 22.8 Å². The quantitative estimate of drug-likeness (QED) is 0.471. The van der Waals surface area contributed by atoms with Crippen LogP contribution in [-0.2, 0) is 9.47 Å². The number of hydrogen-bond donors (Lipinski definition) is 2. The van der Waals surface area contributed by atoms with Crippen molar-refractivity contribution in [1.29, 1.82) is 0 Å². The normalized spacial score (nSPS) is 22.8. The third kappa shape index (κ3) is 6.88. The number of methoxy groups -OCH3 is 1. The number of cyclic esters (lactones) is 1. The molecule has 4 atom stereocenters. The number of carbonyl (C=O) groups excluding carboxylic acids is 2. The molecule has 190 valence electrons. The predicted molar refractivity (Wildman–Crippen MR) is 140 cm³/mol. The van der Waals surface area contributed by atoms with Gasteiger partial charge in [-0.05, 0) is 67.6 Å². The Kier molecular flexibility index (Phi) is 9.80. The molecule has 0 aromatic heterocycles. The highest BCUT2D eigenvalue weighted by molar-refractivity contribution is 6.30. The van der Waals surface area contributed by atoms with E-state index in [0.717, 1.165) is 24.9 Å². The van der Waals surface area contributed by atoms with Crippen molar-refractivity contribution in [3.05, 3.63) is 64.7 Å². The molecule has 2 amide bonds. The second kappa shape index (κ2) is 12.6. The zero-order valence-corrected chi connectivity index (χ0v) is 21.6. The number of hydrogen-bond acceptors (Lipinski definition) is 5. The van der Waals surface area contributed by atoms with Crippen LogP contribution in [0.15, 0.2) is 48.5 Å². The first kappa shape index (κ1) is 27.3. The number of ether oxygens (including phenoxy) is 2. The molecule has 2 N–H and O–H groups in total. The maximum atomic E-state index is 12.6. The molecule has 1 saturated carbocycles. The molecule has 35 heavy (non-hydrogen) atoms. The maximum Gasteiger partial charge on any atom is 0.414 e. The average Bonchev–Trinajstić information content (AvgIpc) is 3.20. The number of halogens is 2. The standard InChI is InChI=1S/C26H32ClN3O4.ClH/c1-17(29-25(31)19-7-11-20(27)12-8-19)28-24-6-4-3-5-23(24)18-9-13-21(14-10-18)30-15-22(16-33-2)34-26(30)32;/h7-14,17,22-24,28H,3-6,15-16H2,1-2H3,(H,29,31);1H. The van der Waals surface area contributed by atoms with Crippen molar-refractivity contribution in [1.82, 2.24) is 10.6 Å². The van der Waals surface area contributed by atoms with Crippen LogP contribution >= 0.6 is 24.0 Å². The van der Waals surface area contributed by atoms with E-state index >= 15 is 0 Å². The van der Waals surface area contributed by atoms with Crippen molar-refractivity contribution in [3.8, 4) is 0 Å². The number of benzene rings is 2. The van der Waals surface area contributed by atoms with Crippen molar-refractivity contribution < 1.29 is 19.1 Å². The van der Waals surface area contributed by atoms with Gasteiger partial charge in [-0.2, -0.15) is 0 Å². The van der Waals surface area contributed by atoms with Crippen LogP contribution in [0.2, 0.25) is 5.02 Å². The molecule has 1 heterocycles. The molecule has 9 heteroatoms. The van der Waals surface area contributed by atoms with E-state index in [-0.39, 0.29) is 42.7 Å². The molecule has 0 bridgehead atoms. The van der Waals surface area contributed by atoms with Crippen LogP contribution in [0.5, 0.6) is 0 Å². The molecular weight excluding hydrogens is 489 g/mol. The molecule has 0 spiro atoms. The predicted octanol–water partition coefficient (Wildman–Crippen LogP) is 5.13. The minimum absolute atomic E-state index is 0. The fourth-order valence-corrected chi connectivity index (χ4v) is 5.01. The van der Waals surface area contributed by atoms with E-state index in [4.69, 9.17) is 21.1 Å². The largest absolute Gasteiger partial charge is 0.441 e. The van der Waals surface area contributed by atoms with Gasteiger partial charge in [-0.1, -0.05) is 36.6 Å². The lowest BCUT2D eigenvalue weighted by atomic mass is 9.80. The summed E-state index contributed by atoms with van der Waals surface area (Å²) in [5.41, 5.74) is 2.65. The topological polar surface area (TPSA) is 79.9 Å². The SMILES string of the molecule is COCC1CN(c2ccc(C3CCCCC3NC(C)NC(=O)c3ccc(Cl)cc3)cc2)C(=O)O1.Cl. The second-order valence-corrected chi connectivity index (χ2v) is 9.47. The summed E-state index contributed by atoms with van der Waals surface area (Å²) in [6.07, 6.45) is 3.70. The Balaban J connectivity index is 0.00000342. The first-order valence-electron chi connectivity index (χ1n) is 11.8. The van der Waals surface area contributed by atoms with Gasteiger partial charge in [0.2, 0.25) is 0 Å². The third-order valence-electron chi connectivity index (χ3n) is 6.54. The Hall–Kier alpha value is -2.32. The minimum atomic E-state index is -0.336. The van der Waals surface area contributed by atoms with Crippen molar-refractivity contribution in [2.45, 2.75) is 56.8 Å². The summed E-state index contributed by atoms with van der Waals surface area (Å²) in [4.78, 5) is 26.4. The number of rotatable bonds is 8. The van der Waals surface area contributed by atoms with Gasteiger partial charge in [0.05, 0.1) is 19.3 Å². The molecule has 4 rings (SSSR count). The van der Waals surface area contributed by atoms with E-state index in [1.165, 1.54) is 12.0 Å². The lowest BCUT2D eigenvalue weighted by Crippen LogP contribution is -2.50. The van der Waals surface area contributed by atoms with Crippen molar-refractivity contribution >= 4 is 41.7 Å². The summed E-state index contributed by atoms with van der Waals surface area (Å²) < 4.78 is 10.5. The first-order chi connectivity index (χ1) is 16.4. The zero-order valence-electron chi connectivity index (χ0n) is 20.0. The lowest BCUT2D eigenvalue weighted by molar-refractivity contribution is 0.0718. The highest BCUT2D eigenvalue weighted by Gasteiger charge is 2.33.